The van der Waals surface area contributed by atoms with Gasteiger partial charge in [0.2, 0.25) is 0 Å². The summed E-state index contributed by atoms with van der Waals surface area (Å²) in [7, 11) is 0. The third-order valence-corrected chi connectivity index (χ3v) is 3.52. The molecular formula is C13H18N2OS. The van der Waals surface area contributed by atoms with Crippen LogP contribution in [0.4, 0.5) is 5.69 Å². The van der Waals surface area contributed by atoms with Crippen molar-refractivity contribution in [1.29, 1.82) is 0 Å². The van der Waals surface area contributed by atoms with Crippen molar-refractivity contribution in [2.75, 3.05) is 11.9 Å². The van der Waals surface area contributed by atoms with Crippen LogP contribution < -0.4 is 10.6 Å². The Kier molecular flexibility index (Phi) is 3.64. The maximum atomic E-state index is 5.57. The van der Waals surface area contributed by atoms with Crippen LogP contribution in [0, 0.1) is 0 Å². The summed E-state index contributed by atoms with van der Waals surface area (Å²) in [5.74, 6) is 0. The highest BCUT2D eigenvalue weighted by Crippen LogP contribution is 2.25. The van der Waals surface area contributed by atoms with E-state index < -0.39 is 0 Å². The van der Waals surface area contributed by atoms with E-state index in [-0.39, 0.29) is 11.6 Å². The Hall–Kier alpha value is -1.13. The van der Waals surface area contributed by atoms with Gasteiger partial charge in [0.15, 0.2) is 5.11 Å². The molecule has 2 atom stereocenters. The van der Waals surface area contributed by atoms with Crippen LogP contribution in [-0.2, 0) is 4.74 Å². The second kappa shape index (κ2) is 5.02. The zero-order valence-electron chi connectivity index (χ0n) is 10.2. The summed E-state index contributed by atoms with van der Waals surface area (Å²) in [4.78, 5) is 0. The largest absolute Gasteiger partial charge is 0.376 e. The lowest BCUT2D eigenvalue weighted by Gasteiger charge is -2.30. The fourth-order valence-electron chi connectivity index (χ4n) is 1.94. The molecule has 1 aromatic carbocycles. The minimum Gasteiger partial charge on any atom is -0.376 e. The van der Waals surface area contributed by atoms with Gasteiger partial charge in [0.1, 0.15) is 0 Å². The predicted octanol–water partition coefficient (Wildman–Crippen LogP) is 2.54. The molecule has 0 radical (unpaired) electrons. The molecule has 3 nitrogen and oxygen atoms in total. The van der Waals surface area contributed by atoms with Crippen molar-refractivity contribution < 1.29 is 4.74 Å². The highest BCUT2D eigenvalue weighted by atomic mass is 32.1. The number of ether oxygens (including phenoxy) is 1. The van der Waals surface area contributed by atoms with E-state index in [0.29, 0.717) is 5.11 Å². The average Bonchev–Trinajstić information content (AvgIpc) is 2.60. The summed E-state index contributed by atoms with van der Waals surface area (Å²) in [5.41, 5.74) is 0.930. The van der Waals surface area contributed by atoms with Gasteiger partial charge in [0.25, 0.3) is 0 Å². The summed E-state index contributed by atoms with van der Waals surface area (Å²) in [6.45, 7) is 5.01. The molecule has 1 aliphatic rings. The van der Waals surface area contributed by atoms with Crippen molar-refractivity contribution in [3.8, 4) is 0 Å². The Labute approximate surface area is 108 Å². The Morgan fingerprint density at radius 3 is 2.71 bits per heavy atom. The number of anilines is 1. The van der Waals surface area contributed by atoms with Crippen LogP contribution in [0.15, 0.2) is 30.3 Å². The molecule has 4 heteroatoms. The van der Waals surface area contributed by atoms with Crippen LogP contribution in [0.2, 0.25) is 0 Å². The van der Waals surface area contributed by atoms with Gasteiger partial charge in [-0.25, -0.2) is 0 Å². The van der Waals surface area contributed by atoms with E-state index in [4.69, 9.17) is 17.0 Å². The Balaban J connectivity index is 1.94. The maximum absolute atomic E-state index is 5.57. The van der Waals surface area contributed by atoms with E-state index in [1.54, 1.807) is 0 Å². The average molecular weight is 250 g/mol. The Morgan fingerprint density at radius 1 is 1.41 bits per heavy atom. The van der Waals surface area contributed by atoms with Crippen molar-refractivity contribution in [1.82, 2.24) is 5.32 Å². The second-order valence-electron chi connectivity index (χ2n) is 4.63. The number of nitrogens with one attached hydrogen (secondary N) is 2. The molecule has 2 rings (SSSR count). The number of hydrogen-bond acceptors (Lipinski definition) is 2. The number of rotatable bonds is 2. The lowest BCUT2D eigenvalue weighted by molar-refractivity contribution is 0.0950. The minimum atomic E-state index is -0.0706. The van der Waals surface area contributed by atoms with E-state index in [1.807, 2.05) is 30.3 Å². The zero-order chi connectivity index (χ0) is 12.3. The molecule has 2 N–H and O–H groups in total. The molecule has 0 aromatic heterocycles. The fourth-order valence-corrected chi connectivity index (χ4v) is 2.29. The molecule has 1 fully saturated rings. The van der Waals surface area contributed by atoms with E-state index in [1.165, 1.54) is 0 Å². The highest BCUT2D eigenvalue weighted by molar-refractivity contribution is 7.80. The molecule has 1 saturated heterocycles. The standard InChI is InChI=1S/C13H18N2OS/c1-10-13(2,8-9-16-10)15-12(17)14-11-6-4-3-5-7-11/h3-7,10H,8-9H2,1-2H3,(H2,14,15,17). The summed E-state index contributed by atoms with van der Waals surface area (Å²) in [5, 5.41) is 7.18. The van der Waals surface area contributed by atoms with Crippen molar-refractivity contribution >= 4 is 23.0 Å². The summed E-state index contributed by atoms with van der Waals surface area (Å²) < 4.78 is 5.57. The molecule has 0 saturated carbocycles. The quantitative estimate of drug-likeness (QED) is 0.790. The fraction of sp³-hybridized carbons (Fsp3) is 0.462. The van der Waals surface area contributed by atoms with Crippen molar-refractivity contribution in [2.24, 2.45) is 0 Å². The molecule has 0 aliphatic carbocycles. The Bertz CT molecular complexity index is 396. The number of thiocarbonyl (C=S) groups is 1. The number of para-hydroxylation sites is 1. The third kappa shape index (κ3) is 2.96. The maximum Gasteiger partial charge on any atom is 0.171 e. The van der Waals surface area contributed by atoms with Gasteiger partial charge < -0.3 is 15.4 Å². The monoisotopic (exact) mass is 250 g/mol. The molecule has 1 aliphatic heterocycles. The van der Waals surface area contributed by atoms with E-state index >= 15 is 0 Å². The summed E-state index contributed by atoms with van der Waals surface area (Å²) in [6, 6.07) is 9.92. The second-order valence-corrected chi connectivity index (χ2v) is 5.03. The van der Waals surface area contributed by atoms with Crippen LogP contribution in [0.3, 0.4) is 0 Å². The van der Waals surface area contributed by atoms with Gasteiger partial charge in [-0.1, -0.05) is 18.2 Å². The molecule has 17 heavy (non-hydrogen) atoms. The molecule has 2 unspecified atom stereocenters. The van der Waals surface area contributed by atoms with E-state index in [2.05, 4.69) is 24.5 Å². The third-order valence-electron chi connectivity index (χ3n) is 3.32. The van der Waals surface area contributed by atoms with Crippen LogP contribution >= 0.6 is 12.2 Å². The SMILES string of the molecule is CC1OCCC1(C)NC(=S)Nc1ccccc1. The number of hydrogen-bond donors (Lipinski definition) is 2. The van der Waals surface area contributed by atoms with Crippen molar-refractivity contribution in [3.63, 3.8) is 0 Å². The molecule has 0 bridgehead atoms. The molecule has 0 amide bonds. The molecule has 92 valence electrons. The minimum absolute atomic E-state index is 0.0706. The predicted molar refractivity (Wildman–Crippen MR) is 74.2 cm³/mol. The van der Waals surface area contributed by atoms with Crippen LogP contribution in [0.1, 0.15) is 20.3 Å². The topological polar surface area (TPSA) is 33.3 Å². The molecular weight excluding hydrogens is 232 g/mol. The smallest absolute Gasteiger partial charge is 0.171 e. The summed E-state index contributed by atoms with van der Waals surface area (Å²) >= 11 is 5.32. The van der Waals surface area contributed by atoms with Gasteiger partial charge in [0, 0.05) is 12.3 Å². The van der Waals surface area contributed by atoms with E-state index in [9.17, 15) is 0 Å². The molecule has 0 spiro atoms. The molecule has 1 aromatic rings. The normalized spacial score (nSPS) is 27.8. The highest BCUT2D eigenvalue weighted by Gasteiger charge is 2.37. The van der Waals surface area contributed by atoms with Crippen molar-refractivity contribution in [2.45, 2.75) is 31.9 Å². The van der Waals surface area contributed by atoms with Crippen LogP contribution in [-0.4, -0.2) is 23.4 Å². The van der Waals surface area contributed by atoms with Gasteiger partial charge in [0.05, 0.1) is 11.6 Å². The first-order chi connectivity index (χ1) is 8.10. The van der Waals surface area contributed by atoms with E-state index in [0.717, 1.165) is 18.7 Å². The lowest BCUT2D eigenvalue weighted by Crippen LogP contribution is -2.51. The van der Waals surface area contributed by atoms with Gasteiger partial charge in [-0.15, -0.1) is 0 Å². The first-order valence-corrected chi connectivity index (χ1v) is 6.27. The van der Waals surface area contributed by atoms with Gasteiger partial charge >= 0.3 is 0 Å². The zero-order valence-corrected chi connectivity index (χ0v) is 11.0. The van der Waals surface area contributed by atoms with Gasteiger partial charge in [-0.3, -0.25) is 0 Å². The van der Waals surface area contributed by atoms with Gasteiger partial charge in [-0.2, -0.15) is 0 Å². The lowest BCUT2D eigenvalue weighted by atomic mass is 9.95. The van der Waals surface area contributed by atoms with Crippen LogP contribution in [0.25, 0.3) is 0 Å². The Morgan fingerprint density at radius 2 is 2.12 bits per heavy atom. The summed E-state index contributed by atoms with van der Waals surface area (Å²) in [6.07, 6.45) is 1.16. The first kappa shape index (κ1) is 12.3. The number of benzene rings is 1. The first-order valence-electron chi connectivity index (χ1n) is 5.86. The van der Waals surface area contributed by atoms with Crippen molar-refractivity contribution in [3.05, 3.63) is 30.3 Å². The van der Waals surface area contributed by atoms with Crippen LogP contribution in [0.5, 0.6) is 0 Å². The van der Waals surface area contributed by atoms with Gasteiger partial charge in [-0.05, 0) is 44.6 Å². The molecule has 1 heterocycles.